The summed E-state index contributed by atoms with van der Waals surface area (Å²) in [6.45, 7) is 3.33. The van der Waals surface area contributed by atoms with Gasteiger partial charge in [-0.3, -0.25) is 4.79 Å². The maximum absolute atomic E-state index is 10.7. The average molecular weight is 215 g/mol. The maximum Gasteiger partial charge on any atom is 0.324 e. The molecule has 4 nitrogen and oxygen atoms in total. The molecule has 0 saturated heterocycles. The summed E-state index contributed by atoms with van der Waals surface area (Å²) >= 11 is 1.39. The van der Waals surface area contributed by atoms with E-state index in [-0.39, 0.29) is 0 Å². The van der Waals surface area contributed by atoms with Crippen molar-refractivity contribution in [2.45, 2.75) is 24.3 Å². The third-order valence-electron chi connectivity index (χ3n) is 1.83. The summed E-state index contributed by atoms with van der Waals surface area (Å²) in [4.78, 5) is 11.6. The molecule has 0 aliphatic carbocycles. The third kappa shape index (κ3) is 2.52. The van der Waals surface area contributed by atoms with Crippen LogP contribution in [0.2, 0.25) is 0 Å². The van der Waals surface area contributed by atoms with Gasteiger partial charge < -0.3 is 15.3 Å². The molecule has 1 rings (SSSR count). The molecular weight excluding hydrogens is 202 g/mol. The van der Waals surface area contributed by atoms with E-state index in [0.29, 0.717) is 5.75 Å². The Morgan fingerprint density at radius 3 is 2.86 bits per heavy atom. The molecule has 0 fully saturated rings. The Hall–Kier alpha value is -0.940. The number of nitrogens with two attached hydrogens (primary N) is 1. The smallest absolute Gasteiger partial charge is 0.324 e. The zero-order valence-electron chi connectivity index (χ0n) is 8.11. The van der Waals surface area contributed by atoms with Crippen LogP contribution >= 0.6 is 11.8 Å². The molecule has 0 saturated carbocycles. The summed E-state index contributed by atoms with van der Waals surface area (Å²) in [5, 5.41) is 8.78. The lowest BCUT2D eigenvalue weighted by molar-refractivity contribution is -0.141. The van der Waals surface area contributed by atoms with Crippen LogP contribution in [0.25, 0.3) is 0 Å². The molecule has 1 heterocycles. The Bertz CT molecular complexity index is 333. The van der Waals surface area contributed by atoms with Crippen molar-refractivity contribution in [2.24, 2.45) is 5.73 Å². The largest absolute Gasteiger partial charge is 0.480 e. The molecule has 78 valence electrons. The summed E-state index contributed by atoms with van der Waals surface area (Å²) in [5.74, 6) is 0.116. The zero-order chi connectivity index (χ0) is 10.8. The monoisotopic (exact) mass is 215 g/mol. The molecule has 0 aliphatic heterocycles. The molecule has 1 unspecified atom stereocenters. The van der Waals surface area contributed by atoms with Crippen molar-refractivity contribution in [3.8, 4) is 0 Å². The number of carboxylic acid groups (broad SMARTS) is 1. The normalized spacial score (nSPS) is 15.1. The molecule has 0 amide bonds. The molecule has 0 aromatic carbocycles. The molecule has 3 N–H and O–H groups in total. The van der Waals surface area contributed by atoms with Crippen LogP contribution in [0.1, 0.15) is 12.7 Å². The van der Waals surface area contributed by atoms with Gasteiger partial charge >= 0.3 is 5.97 Å². The van der Waals surface area contributed by atoms with Crippen molar-refractivity contribution in [3.63, 3.8) is 0 Å². The standard InChI is InChI=1S/C9H13NO3S/c1-6-7(3-4-13-6)14-5-9(2,10)8(11)12/h3-4H,5,10H2,1-2H3,(H,11,12). The van der Waals surface area contributed by atoms with Crippen molar-refractivity contribution in [3.05, 3.63) is 18.1 Å². The van der Waals surface area contributed by atoms with Gasteiger partial charge in [0.25, 0.3) is 0 Å². The number of carbonyl (C=O) groups is 1. The van der Waals surface area contributed by atoms with E-state index in [1.165, 1.54) is 18.7 Å². The summed E-state index contributed by atoms with van der Waals surface area (Å²) in [6.07, 6.45) is 1.58. The Balaban J connectivity index is 2.57. The van der Waals surface area contributed by atoms with Gasteiger partial charge in [0, 0.05) is 10.6 Å². The molecule has 5 heteroatoms. The van der Waals surface area contributed by atoms with Crippen LogP contribution in [0.5, 0.6) is 0 Å². The molecule has 0 radical (unpaired) electrons. The first-order chi connectivity index (χ1) is 6.43. The van der Waals surface area contributed by atoms with Gasteiger partial charge in [-0.05, 0) is 19.9 Å². The molecule has 1 aromatic rings. The number of carboxylic acids is 1. The predicted octanol–water partition coefficient (Wildman–Crippen LogP) is 1.48. The highest BCUT2D eigenvalue weighted by Crippen LogP contribution is 2.25. The van der Waals surface area contributed by atoms with E-state index < -0.39 is 11.5 Å². The first kappa shape index (κ1) is 11.1. The first-order valence-electron chi connectivity index (χ1n) is 4.12. The molecule has 1 atom stereocenters. The van der Waals surface area contributed by atoms with Gasteiger partial charge in [0.2, 0.25) is 0 Å². The predicted molar refractivity (Wildman–Crippen MR) is 54.4 cm³/mol. The van der Waals surface area contributed by atoms with Gasteiger partial charge in [0.1, 0.15) is 11.3 Å². The van der Waals surface area contributed by atoms with Gasteiger partial charge in [-0.1, -0.05) is 0 Å². The molecule has 14 heavy (non-hydrogen) atoms. The Morgan fingerprint density at radius 2 is 2.43 bits per heavy atom. The Kier molecular flexibility index (Phi) is 3.23. The van der Waals surface area contributed by atoms with Crippen molar-refractivity contribution in [2.75, 3.05) is 5.75 Å². The van der Waals surface area contributed by atoms with Crippen LogP contribution < -0.4 is 5.73 Å². The summed E-state index contributed by atoms with van der Waals surface area (Å²) in [5.41, 5.74) is 4.38. The SMILES string of the molecule is Cc1occc1SCC(C)(N)C(=O)O. The zero-order valence-corrected chi connectivity index (χ0v) is 8.93. The second kappa shape index (κ2) is 4.06. The van der Waals surface area contributed by atoms with Gasteiger partial charge in [0.15, 0.2) is 0 Å². The van der Waals surface area contributed by atoms with Crippen LogP contribution in [0.4, 0.5) is 0 Å². The quantitative estimate of drug-likeness (QED) is 0.744. The molecule has 0 bridgehead atoms. The van der Waals surface area contributed by atoms with Gasteiger partial charge in [-0.25, -0.2) is 0 Å². The van der Waals surface area contributed by atoms with Gasteiger partial charge in [0.05, 0.1) is 6.26 Å². The first-order valence-corrected chi connectivity index (χ1v) is 5.11. The molecule has 0 spiro atoms. The third-order valence-corrected chi connectivity index (χ3v) is 3.31. The number of hydrogen-bond acceptors (Lipinski definition) is 4. The van der Waals surface area contributed by atoms with Crippen LogP contribution in [-0.4, -0.2) is 22.4 Å². The maximum atomic E-state index is 10.7. The van der Waals surface area contributed by atoms with Crippen LogP contribution in [0, 0.1) is 6.92 Å². The lowest BCUT2D eigenvalue weighted by Crippen LogP contribution is -2.47. The minimum atomic E-state index is -1.20. The topological polar surface area (TPSA) is 76.5 Å². The lowest BCUT2D eigenvalue weighted by atomic mass is 10.1. The van der Waals surface area contributed by atoms with Crippen molar-refractivity contribution < 1.29 is 14.3 Å². The van der Waals surface area contributed by atoms with E-state index in [0.717, 1.165) is 10.7 Å². The summed E-state index contributed by atoms with van der Waals surface area (Å²) < 4.78 is 5.08. The number of aliphatic carboxylic acids is 1. The highest BCUT2D eigenvalue weighted by Gasteiger charge is 2.28. The van der Waals surface area contributed by atoms with Crippen molar-refractivity contribution in [1.29, 1.82) is 0 Å². The Morgan fingerprint density at radius 1 is 1.79 bits per heavy atom. The molecular formula is C9H13NO3S. The van der Waals surface area contributed by atoms with E-state index in [4.69, 9.17) is 15.3 Å². The fourth-order valence-electron chi connectivity index (χ4n) is 0.812. The fourth-order valence-corrected chi connectivity index (χ4v) is 1.79. The van der Waals surface area contributed by atoms with Gasteiger partial charge in [-0.2, -0.15) is 0 Å². The van der Waals surface area contributed by atoms with Crippen molar-refractivity contribution >= 4 is 17.7 Å². The molecule has 0 aliphatic rings. The van der Waals surface area contributed by atoms with E-state index >= 15 is 0 Å². The second-order valence-electron chi connectivity index (χ2n) is 3.35. The van der Waals surface area contributed by atoms with Crippen LogP contribution in [0.15, 0.2) is 21.6 Å². The summed E-state index contributed by atoms with van der Waals surface area (Å²) in [6, 6.07) is 1.80. The minimum absolute atomic E-state index is 0.322. The average Bonchev–Trinajstić information content (AvgIpc) is 2.47. The summed E-state index contributed by atoms with van der Waals surface area (Å²) in [7, 11) is 0. The second-order valence-corrected chi connectivity index (χ2v) is 4.37. The highest BCUT2D eigenvalue weighted by atomic mass is 32.2. The van der Waals surface area contributed by atoms with Gasteiger partial charge in [-0.15, -0.1) is 11.8 Å². The number of aryl methyl sites for hydroxylation is 1. The van der Waals surface area contributed by atoms with Crippen LogP contribution in [0.3, 0.4) is 0 Å². The van der Waals surface area contributed by atoms with E-state index in [9.17, 15) is 4.79 Å². The van der Waals surface area contributed by atoms with E-state index in [1.807, 2.05) is 6.92 Å². The van der Waals surface area contributed by atoms with Crippen LogP contribution in [-0.2, 0) is 4.79 Å². The number of furan rings is 1. The van der Waals surface area contributed by atoms with E-state index in [1.54, 1.807) is 12.3 Å². The van der Waals surface area contributed by atoms with E-state index in [2.05, 4.69) is 0 Å². The number of thioether (sulfide) groups is 1. The minimum Gasteiger partial charge on any atom is -0.480 e. The Labute approximate surface area is 86.5 Å². The highest BCUT2D eigenvalue weighted by molar-refractivity contribution is 7.99. The number of hydrogen-bond donors (Lipinski definition) is 2. The fraction of sp³-hybridized carbons (Fsp3) is 0.444. The van der Waals surface area contributed by atoms with Crippen molar-refractivity contribution in [1.82, 2.24) is 0 Å². The number of rotatable bonds is 4. The lowest BCUT2D eigenvalue weighted by Gasteiger charge is -2.17. The molecule has 1 aromatic heterocycles.